The number of aromatic nitrogens is 1. The highest BCUT2D eigenvalue weighted by Gasteiger charge is 2.12. The maximum absolute atomic E-state index is 12.1. The molecule has 3 rings (SSSR count). The Morgan fingerprint density at radius 3 is 2.56 bits per heavy atom. The second kappa shape index (κ2) is 8.08. The van der Waals surface area contributed by atoms with Crippen LogP contribution in [-0.2, 0) is 21.4 Å². The van der Waals surface area contributed by atoms with Crippen molar-refractivity contribution in [3.63, 3.8) is 0 Å². The average molecular weight is 423 g/mol. The summed E-state index contributed by atoms with van der Waals surface area (Å²) in [4.78, 5) is 16.6. The molecular weight excluding hydrogens is 408 g/mol. The zero-order valence-corrected chi connectivity index (χ0v) is 16.6. The van der Waals surface area contributed by atoms with E-state index >= 15 is 0 Å². The van der Waals surface area contributed by atoms with Crippen LogP contribution in [0.4, 0.5) is 5.69 Å². The van der Waals surface area contributed by atoms with Gasteiger partial charge in [0.1, 0.15) is 11.6 Å². The van der Waals surface area contributed by atoms with Crippen LogP contribution in [0.3, 0.4) is 0 Å². The average Bonchev–Trinajstić information content (AvgIpc) is 3.08. The molecule has 3 aromatic rings. The van der Waals surface area contributed by atoms with Gasteiger partial charge in [-0.25, -0.2) is 18.2 Å². The highest BCUT2D eigenvalue weighted by molar-refractivity contribution is 7.92. The first-order valence-corrected chi connectivity index (χ1v) is 10.9. The number of thiazole rings is 1. The summed E-state index contributed by atoms with van der Waals surface area (Å²) < 4.78 is 30.0. The predicted octanol–water partition coefficient (Wildman–Crippen LogP) is 4.19. The van der Waals surface area contributed by atoms with Gasteiger partial charge in [-0.15, -0.1) is 11.3 Å². The van der Waals surface area contributed by atoms with Crippen LogP contribution in [-0.4, -0.2) is 25.6 Å². The van der Waals surface area contributed by atoms with Crippen molar-refractivity contribution in [3.05, 3.63) is 70.2 Å². The van der Waals surface area contributed by atoms with E-state index in [0.717, 1.165) is 16.8 Å². The predicted molar refractivity (Wildman–Crippen MR) is 107 cm³/mol. The highest BCUT2D eigenvalue weighted by Crippen LogP contribution is 2.30. The van der Waals surface area contributed by atoms with Crippen LogP contribution in [0.1, 0.15) is 16.1 Å². The maximum Gasteiger partial charge on any atom is 0.338 e. The molecule has 0 radical (unpaired) electrons. The van der Waals surface area contributed by atoms with E-state index in [1.807, 2.05) is 23.6 Å². The van der Waals surface area contributed by atoms with Gasteiger partial charge in [-0.05, 0) is 30.3 Å². The third-order valence-electron chi connectivity index (χ3n) is 3.43. The number of sulfonamides is 1. The molecule has 2 aromatic carbocycles. The van der Waals surface area contributed by atoms with E-state index in [4.69, 9.17) is 16.3 Å². The zero-order valence-electron chi connectivity index (χ0n) is 14.2. The normalized spacial score (nSPS) is 11.2. The van der Waals surface area contributed by atoms with Crippen molar-refractivity contribution >= 4 is 44.6 Å². The van der Waals surface area contributed by atoms with Gasteiger partial charge < -0.3 is 4.74 Å². The van der Waals surface area contributed by atoms with Crippen molar-refractivity contribution in [3.8, 4) is 10.6 Å². The largest absolute Gasteiger partial charge is 0.456 e. The van der Waals surface area contributed by atoms with E-state index in [2.05, 4.69) is 9.71 Å². The summed E-state index contributed by atoms with van der Waals surface area (Å²) in [5.41, 5.74) is 2.14. The topological polar surface area (TPSA) is 85.4 Å². The van der Waals surface area contributed by atoms with Crippen LogP contribution >= 0.6 is 22.9 Å². The number of halogens is 1. The fourth-order valence-corrected chi connectivity index (χ4v) is 3.93. The van der Waals surface area contributed by atoms with Gasteiger partial charge in [-0.3, -0.25) is 4.72 Å². The summed E-state index contributed by atoms with van der Waals surface area (Å²) in [7, 11) is -3.36. The van der Waals surface area contributed by atoms with Gasteiger partial charge in [0.05, 0.1) is 22.5 Å². The van der Waals surface area contributed by atoms with Crippen molar-refractivity contribution in [2.75, 3.05) is 11.0 Å². The molecule has 0 spiro atoms. The Morgan fingerprint density at radius 1 is 1.19 bits per heavy atom. The summed E-state index contributed by atoms with van der Waals surface area (Å²) in [6, 6.07) is 13.4. The SMILES string of the molecule is CS(=O)(=O)Nc1ccc(C(=O)OCc2csc(-c3ccccc3Cl)n2)cc1. The Balaban J connectivity index is 1.62. The van der Waals surface area contributed by atoms with E-state index in [9.17, 15) is 13.2 Å². The number of carbonyl (C=O) groups excluding carboxylic acids is 1. The van der Waals surface area contributed by atoms with Gasteiger partial charge in [0.15, 0.2) is 0 Å². The number of carbonyl (C=O) groups is 1. The van der Waals surface area contributed by atoms with E-state index in [1.165, 1.54) is 35.6 Å². The van der Waals surface area contributed by atoms with E-state index < -0.39 is 16.0 Å². The third kappa shape index (κ3) is 5.29. The second-order valence-electron chi connectivity index (χ2n) is 5.65. The number of anilines is 1. The first kappa shape index (κ1) is 19.3. The van der Waals surface area contributed by atoms with Crippen molar-refractivity contribution in [1.82, 2.24) is 4.98 Å². The molecular formula is C18H15ClN2O4S2. The molecule has 0 saturated heterocycles. The minimum atomic E-state index is -3.36. The molecule has 9 heteroatoms. The minimum Gasteiger partial charge on any atom is -0.456 e. The number of esters is 1. The fraction of sp³-hybridized carbons (Fsp3) is 0.111. The first-order valence-electron chi connectivity index (χ1n) is 7.76. The molecule has 27 heavy (non-hydrogen) atoms. The van der Waals surface area contributed by atoms with Gasteiger partial charge in [-0.2, -0.15) is 0 Å². The van der Waals surface area contributed by atoms with E-state index in [1.54, 1.807) is 6.07 Å². The lowest BCUT2D eigenvalue weighted by atomic mass is 10.2. The molecule has 1 heterocycles. The van der Waals surface area contributed by atoms with Crippen molar-refractivity contribution < 1.29 is 17.9 Å². The molecule has 140 valence electrons. The van der Waals surface area contributed by atoms with Gasteiger partial charge >= 0.3 is 5.97 Å². The van der Waals surface area contributed by atoms with Gasteiger partial charge in [0.25, 0.3) is 0 Å². The zero-order chi connectivity index (χ0) is 19.4. The number of nitrogens with zero attached hydrogens (tertiary/aromatic N) is 1. The van der Waals surface area contributed by atoms with Crippen LogP contribution < -0.4 is 4.72 Å². The quantitative estimate of drug-likeness (QED) is 0.602. The Labute approximate surface area is 165 Å². The summed E-state index contributed by atoms with van der Waals surface area (Å²) in [5, 5.41) is 3.17. The Kier molecular flexibility index (Phi) is 5.79. The molecule has 0 aliphatic rings. The third-order valence-corrected chi connectivity index (χ3v) is 5.29. The molecule has 0 atom stereocenters. The van der Waals surface area contributed by atoms with Crippen LogP contribution in [0.15, 0.2) is 53.9 Å². The van der Waals surface area contributed by atoms with Crippen molar-refractivity contribution in [2.45, 2.75) is 6.61 Å². The smallest absolute Gasteiger partial charge is 0.338 e. The molecule has 6 nitrogen and oxygen atoms in total. The highest BCUT2D eigenvalue weighted by atomic mass is 35.5. The number of rotatable bonds is 6. The summed E-state index contributed by atoms with van der Waals surface area (Å²) in [6.45, 7) is 0.0309. The number of hydrogen-bond acceptors (Lipinski definition) is 6. The van der Waals surface area contributed by atoms with Crippen molar-refractivity contribution in [1.29, 1.82) is 0 Å². The Bertz CT molecular complexity index is 1060. The second-order valence-corrected chi connectivity index (χ2v) is 8.67. The standard InChI is InChI=1S/C18H15ClN2O4S2/c1-27(23,24)21-13-8-6-12(7-9-13)18(22)25-10-14-11-26-17(20-14)15-4-2-3-5-16(15)19/h2-9,11,21H,10H2,1H3. The minimum absolute atomic E-state index is 0.0309. The summed E-state index contributed by atoms with van der Waals surface area (Å²) in [6.07, 6.45) is 1.06. The van der Waals surface area contributed by atoms with Gasteiger partial charge in [0, 0.05) is 16.6 Å². The molecule has 0 amide bonds. The Hall–Kier alpha value is -2.42. The fourth-order valence-electron chi connectivity index (χ4n) is 2.24. The Morgan fingerprint density at radius 2 is 1.89 bits per heavy atom. The molecule has 0 fully saturated rings. The van der Waals surface area contributed by atoms with Crippen molar-refractivity contribution in [2.24, 2.45) is 0 Å². The van der Waals surface area contributed by atoms with E-state index in [-0.39, 0.29) is 6.61 Å². The summed E-state index contributed by atoms with van der Waals surface area (Å²) >= 11 is 7.59. The van der Waals surface area contributed by atoms with Crippen LogP contribution in [0.2, 0.25) is 5.02 Å². The molecule has 1 aromatic heterocycles. The number of benzene rings is 2. The van der Waals surface area contributed by atoms with Gasteiger partial charge in [0.2, 0.25) is 10.0 Å². The monoisotopic (exact) mass is 422 g/mol. The maximum atomic E-state index is 12.1. The van der Waals surface area contributed by atoms with Crippen LogP contribution in [0.5, 0.6) is 0 Å². The lowest BCUT2D eigenvalue weighted by molar-refractivity contribution is 0.0468. The molecule has 0 bridgehead atoms. The first-order chi connectivity index (χ1) is 12.8. The van der Waals surface area contributed by atoms with Crippen LogP contribution in [0, 0.1) is 0 Å². The number of ether oxygens (including phenoxy) is 1. The summed E-state index contributed by atoms with van der Waals surface area (Å²) in [5.74, 6) is -0.520. The number of nitrogens with one attached hydrogen (secondary N) is 1. The van der Waals surface area contributed by atoms with Gasteiger partial charge in [-0.1, -0.05) is 29.8 Å². The molecule has 0 unspecified atom stereocenters. The molecule has 1 N–H and O–H groups in total. The lowest BCUT2D eigenvalue weighted by Gasteiger charge is -2.06. The molecule has 0 aliphatic carbocycles. The van der Waals surface area contributed by atoms with E-state index in [0.29, 0.717) is 22.0 Å². The van der Waals surface area contributed by atoms with Crippen LogP contribution in [0.25, 0.3) is 10.6 Å². The molecule has 0 aliphatic heterocycles. The lowest BCUT2D eigenvalue weighted by Crippen LogP contribution is -2.10. The number of hydrogen-bond donors (Lipinski definition) is 1. The molecule has 0 saturated carbocycles.